The minimum Gasteiger partial charge on any atom is -0.481 e. The third kappa shape index (κ3) is 1.81. The van der Waals surface area contributed by atoms with E-state index < -0.39 is 15.5 Å². The van der Waals surface area contributed by atoms with Gasteiger partial charge in [-0.25, -0.2) is 0 Å². The summed E-state index contributed by atoms with van der Waals surface area (Å²) in [5.74, 6) is -1.85. The summed E-state index contributed by atoms with van der Waals surface area (Å²) in [6.45, 7) is 0. The Labute approximate surface area is 77.6 Å². The number of alkyl halides is 1. The predicted octanol–water partition coefficient (Wildman–Crippen LogP) is 0.937. The molecule has 2 N–H and O–H groups in total. The Morgan fingerprint density at radius 1 is 1.55 bits per heavy atom. The van der Waals surface area contributed by atoms with E-state index in [2.05, 4.69) is 0 Å². The number of rotatable bonds is 1. The molecule has 11 heavy (non-hydrogen) atoms. The largest absolute Gasteiger partial charge is 0.481 e. The Kier molecular flexibility index (Phi) is 2.34. The van der Waals surface area contributed by atoms with Crippen molar-refractivity contribution >= 4 is 28.6 Å². The van der Waals surface area contributed by atoms with Crippen LogP contribution in [0.3, 0.4) is 0 Å². The van der Waals surface area contributed by atoms with Crippen molar-refractivity contribution < 1.29 is 15.0 Å². The third-order valence-corrected chi connectivity index (χ3v) is 2.48. The van der Waals surface area contributed by atoms with Crippen LogP contribution in [0.15, 0.2) is 24.3 Å². The highest BCUT2D eigenvalue weighted by molar-refractivity contribution is 14.1. The average Bonchev–Trinajstić information content (AvgIpc) is 1.85. The van der Waals surface area contributed by atoms with Crippen LogP contribution >= 0.6 is 22.6 Å². The first kappa shape index (κ1) is 8.73. The topological polar surface area (TPSA) is 57.5 Å². The monoisotopic (exact) mass is 266 g/mol. The van der Waals surface area contributed by atoms with E-state index in [0.29, 0.717) is 0 Å². The maximum Gasteiger partial charge on any atom is 0.314 e. The van der Waals surface area contributed by atoms with Crippen LogP contribution in [0.5, 0.6) is 0 Å². The van der Waals surface area contributed by atoms with Crippen LogP contribution in [0.2, 0.25) is 0 Å². The fourth-order valence-electron chi connectivity index (χ4n) is 0.860. The standard InChI is InChI=1S/C7H7IO3/c8-7(11)4-2-1-3-5(7)6(9)10/h1-5,11H,(H,9,10). The molecule has 0 aromatic rings. The average molecular weight is 266 g/mol. The van der Waals surface area contributed by atoms with Crippen LogP contribution in [0.1, 0.15) is 0 Å². The molecule has 0 bridgehead atoms. The number of aliphatic hydroxyl groups is 1. The van der Waals surface area contributed by atoms with Crippen molar-refractivity contribution in [1.29, 1.82) is 0 Å². The van der Waals surface area contributed by atoms with Crippen molar-refractivity contribution in [3.63, 3.8) is 0 Å². The smallest absolute Gasteiger partial charge is 0.314 e. The molecule has 0 spiro atoms. The molecule has 3 nitrogen and oxygen atoms in total. The quantitative estimate of drug-likeness (QED) is 0.548. The summed E-state index contributed by atoms with van der Waals surface area (Å²) in [5.41, 5.74) is 0. The highest BCUT2D eigenvalue weighted by atomic mass is 127. The zero-order valence-corrected chi connectivity index (χ0v) is 7.72. The Balaban J connectivity index is 2.89. The van der Waals surface area contributed by atoms with Crippen LogP contribution in [-0.2, 0) is 4.79 Å². The number of carboxylic acids is 1. The van der Waals surface area contributed by atoms with Gasteiger partial charge in [-0.1, -0.05) is 18.2 Å². The van der Waals surface area contributed by atoms with Gasteiger partial charge in [0.2, 0.25) is 0 Å². The lowest BCUT2D eigenvalue weighted by atomic mass is 9.98. The highest BCUT2D eigenvalue weighted by Crippen LogP contribution is 2.30. The maximum absolute atomic E-state index is 10.5. The van der Waals surface area contributed by atoms with Gasteiger partial charge in [-0.05, 0) is 28.7 Å². The minimum atomic E-state index is -1.28. The van der Waals surface area contributed by atoms with Crippen LogP contribution in [0, 0.1) is 5.92 Å². The Hall–Kier alpha value is -0.360. The third-order valence-electron chi connectivity index (χ3n) is 1.45. The molecule has 0 aliphatic heterocycles. The predicted molar refractivity (Wildman–Crippen MR) is 48.4 cm³/mol. The van der Waals surface area contributed by atoms with E-state index in [4.69, 9.17) is 5.11 Å². The number of hydrogen-bond acceptors (Lipinski definition) is 2. The summed E-state index contributed by atoms with van der Waals surface area (Å²) < 4.78 is -1.28. The SMILES string of the molecule is O=C(O)C1C=CC=CC1(O)I. The fraction of sp³-hybridized carbons (Fsp3) is 0.286. The van der Waals surface area contributed by atoms with E-state index >= 15 is 0 Å². The molecular weight excluding hydrogens is 259 g/mol. The molecule has 2 atom stereocenters. The van der Waals surface area contributed by atoms with E-state index in [0.717, 1.165) is 0 Å². The second-order valence-electron chi connectivity index (χ2n) is 2.29. The van der Waals surface area contributed by atoms with Crippen molar-refractivity contribution in [3.8, 4) is 0 Å². The molecule has 0 aromatic carbocycles. The first-order valence-corrected chi connectivity index (χ1v) is 4.12. The zero-order valence-electron chi connectivity index (χ0n) is 5.57. The van der Waals surface area contributed by atoms with Gasteiger partial charge >= 0.3 is 5.97 Å². The summed E-state index contributed by atoms with van der Waals surface area (Å²) in [4.78, 5) is 10.5. The summed E-state index contributed by atoms with van der Waals surface area (Å²) >= 11 is 1.70. The van der Waals surface area contributed by atoms with Gasteiger partial charge < -0.3 is 10.2 Å². The van der Waals surface area contributed by atoms with Gasteiger partial charge in [0.1, 0.15) is 5.92 Å². The van der Waals surface area contributed by atoms with E-state index in [1.165, 1.54) is 12.2 Å². The Morgan fingerprint density at radius 2 is 2.18 bits per heavy atom. The molecule has 4 heteroatoms. The number of halogens is 1. The molecule has 0 heterocycles. The molecular formula is C7H7IO3. The summed E-state index contributed by atoms with van der Waals surface area (Å²) in [6.07, 6.45) is 6.18. The number of carbonyl (C=O) groups is 1. The minimum absolute atomic E-state index is 0.840. The number of aliphatic carboxylic acids is 1. The number of allylic oxidation sites excluding steroid dienone is 2. The van der Waals surface area contributed by atoms with Crippen LogP contribution in [0.4, 0.5) is 0 Å². The zero-order chi connectivity index (χ0) is 8.48. The van der Waals surface area contributed by atoms with Crippen LogP contribution < -0.4 is 0 Å². The second-order valence-corrected chi connectivity index (χ2v) is 4.02. The van der Waals surface area contributed by atoms with Crippen molar-refractivity contribution in [2.75, 3.05) is 0 Å². The fourth-order valence-corrected chi connectivity index (χ4v) is 1.54. The van der Waals surface area contributed by atoms with Gasteiger partial charge in [0.15, 0.2) is 3.61 Å². The van der Waals surface area contributed by atoms with Gasteiger partial charge in [0.25, 0.3) is 0 Å². The number of carboxylic acid groups (broad SMARTS) is 1. The molecule has 0 radical (unpaired) electrons. The molecule has 0 amide bonds. The summed E-state index contributed by atoms with van der Waals surface area (Å²) in [5, 5.41) is 18.1. The molecule has 2 unspecified atom stereocenters. The molecule has 1 rings (SSSR count). The van der Waals surface area contributed by atoms with E-state index in [-0.39, 0.29) is 0 Å². The second kappa shape index (κ2) is 2.94. The van der Waals surface area contributed by atoms with Gasteiger partial charge in [0, 0.05) is 0 Å². The maximum atomic E-state index is 10.5. The van der Waals surface area contributed by atoms with Crippen molar-refractivity contribution in [3.05, 3.63) is 24.3 Å². The highest BCUT2D eigenvalue weighted by Gasteiger charge is 2.36. The van der Waals surface area contributed by atoms with Crippen LogP contribution in [0.25, 0.3) is 0 Å². The van der Waals surface area contributed by atoms with Crippen molar-refractivity contribution in [2.45, 2.75) is 3.61 Å². The molecule has 1 aliphatic carbocycles. The molecule has 0 saturated carbocycles. The van der Waals surface area contributed by atoms with Gasteiger partial charge in [-0.15, -0.1) is 0 Å². The normalized spacial score (nSPS) is 35.6. The molecule has 0 aromatic heterocycles. The van der Waals surface area contributed by atoms with E-state index in [1.807, 2.05) is 0 Å². The van der Waals surface area contributed by atoms with Gasteiger partial charge in [-0.2, -0.15) is 0 Å². The van der Waals surface area contributed by atoms with Gasteiger partial charge in [0.05, 0.1) is 0 Å². The van der Waals surface area contributed by atoms with E-state index in [9.17, 15) is 9.90 Å². The number of hydrogen-bond donors (Lipinski definition) is 2. The van der Waals surface area contributed by atoms with Crippen molar-refractivity contribution in [2.24, 2.45) is 5.92 Å². The lowest BCUT2D eigenvalue weighted by molar-refractivity contribution is -0.142. The van der Waals surface area contributed by atoms with Gasteiger partial charge in [-0.3, -0.25) is 4.79 Å². The molecule has 1 aliphatic rings. The Morgan fingerprint density at radius 3 is 2.55 bits per heavy atom. The first-order valence-electron chi connectivity index (χ1n) is 3.04. The summed E-state index contributed by atoms with van der Waals surface area (Å²) in [6, 6.07) is 0. The first-order chi connectivity index (χ1) is 5.04. The van der Waals surface area contributed by atoms with E-state index in [1.54, 1.807) is 34.7 Å². The van der Waals surface area contributed by atoms with Crippen molar-refractivity contribution in [1.82, 2.24) is 0 Å². The molecule has 0 fully saturated rings. The Bertz CT molecular complexity index is 230. The summed E-state index contributed by atoms with van der Waals surface area (Å²) in [7, 11) is 0. The lowest BCUT2D eigenvalue weighted by Crippen LogP contribution is -2.34. The molecule has 60 valence electrons. The molecule has 0 saturated heterocycles. The van der Waals surface area contributed by atoms with Crippen LogP contribution in [-0.4, -0.2) is 19.8 Å². The lowest BCUT2D eigenvalue weighted by Gasteiger charge is -2.24.